The Labute approximate surface area is 158 Å². The quantitative estimate of drug-likeness (QED) is 0.285. The molecule has 136 valence electrons. The van der Waals surface area contributed by atoms with Crippen molar-refractivity contribution in [2.24, 2.45) is 10.7 Å². The number of nitrogens with zero attached hydrogens (tertiary/aromatic N) is 2. The molecule has 5 nitrogen and oxygen atoms in total. The van der Waals surface area contributed by atoms with Crippen LogP contribution in [0, 0.1) is 11.6 Å². The molecule has 1 aliphatic rings. The molecule has 0 spiro atoms. The monoisotopic (exact) mass is 454 g/mol. The molecule has 3 N–H and O–H groups in total. The van der Waals surface area contributed by atoms with E-state index in [2.05, 4.69) is 15.2 Å². The minimum atomic E-state index is -0.534. The molecule has 0 atom stereocenters. The van der Waals surface area contributed by atoms with Gasteiger partial charge in [-0.15, -0.1) is 24.0 Å². The first-order valence-corrected chi connectivity index (χ1v) is 7.93. The highest BCUT2D eigenvalue weighted by molar-refractivity contribution is 14.0. The lowest BCUT2D eigenvalue weighted by molar-refractivity contribution is 0.0377. The Hall–Kier alpha value is -1.00. The van der Waals surface area contributed by atoms with Crippen LogP contribution in [0.5, 0.6) is 0 Å². The maximum atomic E-state index is 13.5. The van der Waals surface area contributed by atoms with Crippen molar-refractivity contribution in [1.29, 1.82) is 0 Å². The van der Waals surface area contributed by atoms with Crippen LogP contribution >= 0.6 is 24.0 Å². The summed E-state index contributed by atoms with van der Waals surface area (Å²) in [6.45, 7) is 5.46. The molecular formula is C16H25F2IN4O. The van der Waals surface area contributed by atoms with E-state index in [1.165, 1.54) is 18.2 Å². The van der Waals surface area contributed by atoms with E-state index in [0.717, 1.165) is 39.3 Å². The molecule has 0 saturated carbocycles. The third-order valence-corrected chi connectivity index (χ3v) is 3.76. The molecular weight excluding hydrogens is 429 g/mol. The molecule has 0 amide bonds. The highest BCUT2D eigenvalue weighted by atomic mass is 127. The van der Waals surface area contributed by atoms with Crippen LogP contribution in [-0.4, -0.2) is 56.8 Å². The van der Waals surface area contributed by atoms with E-state index in [4.69, 9.17) is 10.5 Å². The number of nitrogens with two attached hydrogens (primary N) is 1. The molecule has 24 heavy (non-hydrogen) atoms. The van der Waals surface area contributed by atoms with Crippen LogP contribution in [0.3, 0.4) is 0 Å². The molecule has 1 aromatic rings. The van der Waals surface area contributed by atoms with Crippen LogP contribution in [0.15, 0.2) is 23.2 Å². The Morgan fingerprint density at radius 3 is 2.58 bits per heavy atom. The number of morpholine rings is 1. The smallest absolute Gasteiger partial charge is 0.188 e. The number of rotatable bonds is 7. The minimum Gasteiger partial charge on any atom is -0.379 e. The third kappa shape index (κ3) is 7.27. The van der Waals surface area contributed by atoms with Crippen LogP contribution in [0.4, 0.5) is 8.78 Å². The normalized spacial score (nSPS) is 15.8. The maximum Gasteiger partial charge on any atom is 0.188 e. The standard InChI is InChI=1S/C16H24F2N4O.HI/c17-14-3-1-4-15(18)13(14)5-7-21-16(19)20-6-2-8-22-9-11-23-12-10-22;/h1,3-4H,2,5-12H2,(H3,19,20,21);1H. The van der Waals surface area contributed by atoms with E-state index in [0.29, 0.717) is 19.0 Å². The van der Waals surface area contributed by atoms with Crippen molar-refractivity contribution in [1.82, 2.24) is 10.2 Å². The maximum absolute atomic E-state index is 13.5. The number of hydrogen-bond acceptors (Lipinski definition) is 3. The van der Waals surface area contributed by atoms with Crippen molar-refractivity contribution in [3.05, 3.63) is 35.4 Å². The highest BCUT2D eigenvalue weighted by Crippen LogP contribution is 2.11. The average molecular weight is 454 g/mol. The number of guanidine groups is 1. The summed E-state index contributed by atoms with van der Waals surface area (Å²) in [5.74, 6) is -0.760. The van der Waals surface area contributed by atoms with Crippen molar-refractivity contribution in [2.75, 3.05) is 45.9 Å². The minimum absolute atomic E-state index is 0. The van der Waals surface area contributed by atoms with Gasteiger partial charge in [-0.05, 0) is 25.0 Å². The topological polar surface area (TPSA) is 62.9 Å². The number of aliphatic imine (C=N–C) groups is 1. The molecule has 1 aromatic carbocycles. The fourth-order valence-electron chi connectivity index (χ4n) is 2.46. The van der Waals surface area contributed by atoms with Gasteiger partial charge in [0.1, 0.15) is 11.6 Å². The van der Waals surface area contributed by atoms with Gasteiger partial charge in [0.2, 0.25) is 0 Å². The summed E-state index contributed by atoms with van der Waals surface area (Å²) < 4.78 is 32.2. The van der Waals surface area contributed by atoms with Gasteiger partial charge in [0.05, 0.1) is 13.2 Å². The van der Waals surface area contributed by atoms with Gasteiger partial charge in [0.25, 0.3) is 0 Å². The molecule has 0 aliphatic carbocycles. The average Bonchev–Trinajstić information content (AvgIpc) is 2.55. The van der Waals surface area contributed by atoms with E-state index in [1.807, 2.05) is 0 Å². The zero-order valence-electron chi connectivity index (χ0n) is 13.6. The third-order valence-electron chi connectivity index (χ3n) is 3.76. The first-order chi connectivity index (χ1) is 11.2. The van der Waals surface area contributed by atoms with E-state index in [9.17, 15) is 8.78 Å². The van der Waals surface area contributed by atoms with Crippen molar-refractivity contribution in [3.8, 4) is 0 Å². The molecule has 0 aromatic heterocycles. The second-order valence-electron chi connectivity index (χ2n) is 5.45. The van der Waals surface area contributed by atoms with E-state index in [1.54, 1.807) is 0 Å². The van der Waals surface area contributed by atoms with Gasteiger partial charge >= 0.3 is 0 Å². The molecule has 0 radical (unpaired) electrons. The molecule has 2 rings (SSSR count). The zero-order valence-corrected chi connectivity index (χ0v) is 16.0. The first-order valence-electron chi connectivity index (χ1n) is 7.93. The molecule has 0 bridgehead atoms. The van der Waals surface area contributed by atoms with Gasteiger partial charge < -0.3 is 15.8 Å². The van der Waals surface area contributed by atoms with E-state index < -0.39 is 11.6 Å². The fourth-order valence-corrected chi connectivity index (χ4v) is 2.46. The fraction of sp³-hybridized carbons (Fsp3) is 0.562. The molecule has 1 saturated heterocycles. The largest absolute Gasteiger partial charge is 0.379 e. The Morgan fingerprint density at radius 2 is 1.92 bits per heavy atom. The predicted octanol–water partition coefficient (Wildman–Crippen LogP) is 1.75. The van der Waals surface area contributed by atoms with Gasteiger partial charge in [-0.25, -0.2) is 8.78 Å². The van der Waals surface area contributed by atoms with Crippen molar-refractivity contribution >= 4 is 29.9 Å². The number of hydrogen-bond donors (Lipinski definition) is 2. The lowest BCUT2D eigenvalue weighted by Gasteiger charge is -2.26. The summed E-state index contributed by atoms with van der Waals surface area (Å²) in [7, 11) is 0. The summed E-state index contributed by atoms with van der Waals surface area (Å²) in [5.41, 5.74) is 5.82. The Kier molecular flexibility index (Phi) is 10.1. The molecule has 8 heteroatoms. The van der Waals surface area contributed by atoms with Crippen LogP contribution in [0.2, 0.25) is 0 Å². The summed E-state index contributed by atoms with van der Waals surface area (Å²) in [4.78, 5) is 6.56. The van der Waals surface area contributed by atoms with Gasteiger partial charge in [0.15, 0.2) is 5.96 Å². The van der Waals surface area contributed by atoms with Crippen LogP contribution in [-0.2, 0) is 11.2 Å². The second kappa shape index (κ2) is 11.5. The number of benzene rings is 1. The Balaban J connectivity index is 0.00000288. The summed E-state index contributed by atoms with van der Waals surface area (Å²) in [6.07, 6.45) is 1.15. The van der Waals surface area contributed by atoms with Crippen molar-refractivity contribution in [3.63, 3.8) is 0 Å². The number of nitrogens with one attached hydrogen (secondary N) is 1. The Morgan fingerprint density at radius 1 is 1.25 bits per heavy atom. The second-order valence-corrected chi connectivity index (χ2v) is 5.45. The SMILES string of the molecule is I.NC(=NCCCN1CCOCC1)NCCc1c(F)cccc1F. The zero-order chi connectivity index (χ0) is 16.5. The molecule has 1 fully saturated rings. The van der Waals surface area contributed by atoms with E-state index >= 15 is 0 Å². The summed E-state index contributed by atoms with van der Waals surface area (Å²) in [5, 5.41) is 2.88. The van der Waals surface area contributed by atoms with Crippen LogP contribution < -0.4 is 11.1 Å². The lowest BCUT2D eigenvalue weighted by atomic mass is 10.1. The number of ether oxygens (including phenoxy) is 1. The molecule has 1 heterocycles. The van der Waals surface area contributed by atoms with Gasteiger partial charge in [-0.1, -0.05) is 6.07 Å². The van der Waals surface area contributed by atoms with Gasteiger partial charge in [-0.3, -0.25) is 9.89 Å². The Bertz CT molecular complexity index is 505. The van der Waals surface area contributed by atoms with Gasteiger partial charge in [0, 0.05) is 38.3 Å². The highest BCUT2D eigenvalue weighted by Gasteiger charge is 2.09. The summed E-state index contributed by atoms with van der Waals surface area (Å²) in [6, 6.07) is 3.86. The lowest BCUT2D eigenvalue weighted by Crippen LogP contribution is -2.37. The molecule has 1 aliphatic heterocycles. The van der Waals surface area contributed by atoms with Crippen molar-refractivity contribution in [2.45, 2.75) is 12.8 Å². The number of halogens is 3. The van der Waals surface area contributed by atoms with Gasteiger partial charge in [-0.2, -0.15) is 0 Å². The van der Waals surface area contributed by atoms with E-state index in [-0.39, 0.29) is 36.0 Å². The van der Waals surface area contributed by atoms with Crippen molar-refractivity contribution < 1.29 is 13.5 Å². The first kappa shape index (κ1) is 21.0. The van der Waals surface area contributed by atoms with Crippen LogP contribution in [0.1, 0.15) is 12.0 Å². The molecule has 0 unspecified atom stereocenters. The van der Waals surface area contributed by atoms with Crippen LogP contribution in [0.25, 0.3) is 0 Å². The summed E-state index contributed by atoms with van der Waals surface area (Å²) >= 11 is 0. The predicted molar refractivity (Wildman–Crippen MR) is 102 cm³/mol.